The molecule has 0 fully saturated rings. The van der Waals surface area contributed by atoms with Crippen molar-refractivity contribution in [3.63, 3.8) is 0 Å². The lowest BCUT2D eigenvalue weighted by Gasteiger charge is -2.18. The van der Waals surface area contributed by atoms with Gasteiger partial charge in [0.05, 0.1) is 11.6 Å². The average Bonchev–Trinajstić information content (AvgIpc) is 2.66. The fraction of sp³-hybridized carbons (Fsp3) is 0.125. The van der Waals surface area contributed by atoms with Crippen molar-refractivity contribution < 1.29 is 4.79 Å². The van der Waals surface area contributed by atoms with Crippen LogP contribution in [0.1, 0.15) is 11.7 Å². The number of halogens is 1. The van der Waals surface area contributed by atoms with Gasteiger partial charge in [-0.3, -0.25) is 0 Å². The first-order valence-corrected chi connectivity index (χ1v) is 4.60. The molecule has 3 rings (SSSR count). The van der Waals surface area contributed by atoms with Gasteiger partial charge in [0.25, 0.3) is 0 Å². The maximum atomic E-state index is 11.4. The molecule has 74 valence electrons. The standard InChI is InChI=1S/C8H4ClN5O/c9-4-1-2-5-6(3-4)10-8(15)14-7(5)11-12-13-14/h1-3,5H. The normalized spacial score (nSPS) is 23.0. The van der Waals surface area contributed by atoms with E-state index in [9.17, 15) is 4.79 Å². The van der Waals surface area contributed by atoms with Crippen molar-refractivity contribution in [1.29, 1.82) is 0 Å². The van der Waals surface area contributed by atoms with Gasteiger partial charge in [-0.1, -0.05) is 17.7 Å². The number of allylic oxidation sites excluding steroid dienone is 4. The van der Waals surface area contributed by atoms with E-state index < -0.39 is 6.03 Å². The van der Waals surface area contributed by atoms with Crippen molar-refractivity contribution in [3.8, 4) is 0 Å². The molecule has 1 aromatic heterocycles. The van der Waals surface area contributed by atoms with Gasteiger partial charge in [-0.05, 0) is 22.6 Å². The Kier molecular flexibility index (Phi) is 1.60. The van der Waals surface area contributed by atoms with E-state index >= 15 is 0 Å². The van der Waals surface area contributed by atoms with Gasteiger partial charge in [-0.2, -0.15) is 4.99 Å². The molecule has 0 saturated carbocycles. The topological polar surface area (TPSA) is 73.0 Å². The molecular formula is C8H4ClN5O. The van der Waals surface area contributed by atoms with Gasteiger partial charge in [0.1, 0.15) is 0 Å². The zero-order valence-corrected chi connectivity index (χ0v) is 8.09. The first-order valence-electron chi connectivity index (χ1n) is 4.22. The predicted molar refractivity (Wildman–Crippen MR) is 51.9 cm³/mol. The molecule has 0 N–H and O–H groups in total. The summed E-state index contributed by atoms with van der Waals surface area (Å²) in [7, 11) is 0. The lowest BCUT2D eigenvalue weighted by Crippen LogP contribution is -2.27. The van der Waals surface area contributed by atoms with Crippen molar-refractivity contribution in [2.24, 2.45) is 4.99 Å². The Bertz CT molecular complexity index is 541. The minimum atomic E-state index is -0.489. The number of aromatic nitrogens is 4. The van der Waals surface area contributed by atoms with Gasteiger partial charge in [0.15, 0.2) is 5.82 Å². The number of fused-ring (bicyclic) bond motifs is 3. The summed E-state index contributed by atoms with van der Waals surface area (Å²) in [6.45, 7) is 0. The Hall–Kier alpha value is -1.82. The highest BCUT2D eigenvalue weighted by Gasteiger charge is 2.30. The molecule has 0 spiro atoms. The maximum Gasteiger partial charge on any atom is 0.371 e. The fourth-order valence-electron chi connectivity index (χ4n) is 1.57. The molecule has 1 aromatic rings. The van der Waals surface area contributed by atoms with Gasteiger partial charge in [-0.25, -0.2) is 4.79 Å². The summed E-state index contributed by atoms with van der Waals surface area (Å²) in [5.41, 5.74) is 0.579. The summed E-state index contributed by atoms with van der Waals surface area (Å²) in [5.74, 6) is 0.293. The van der Waals surface area contributed by atoms with Gasteiger partial charge < -0.3 is 0 Å². The molecule has 1 aliphatic heterocycles. The number of nitrogens with zero attached hydrogens (tertiary/aromatic N) is 5. The van der Waals surface area contributed by atoms with E-state index in [0.29, 0.717) is 16.6 Å². The summed E-state index contributed by atoms with van der Waals surface area (Å²) in [4.78, 5) is 15.3. The van der Waals surface area contributed by atoms with Crippen LogP contribution in [0.3, 0.4) is 0 Å². The van der Waals surface area contributed by atoms with Gasteiger partial charge in [0, 0.05) is 5.03 Å². The number of carbonyl (C=O) groups excluding carboxylic acids is 1. The van der Waals surface area contributed by atoms with Crippen molar-refractivity contribution in [1.82, 2.24) is 20.2 Å². The first-order chi connectivity index (χ1) is 7.25. The minimum absolute atomic E-state index is 0.180. The van der Waals surface area contributed by atoms with E-state index in [4.69, 9.17) is 11.6 Å². The number of hydrogen-bond donors (Lipinski definition) is 0. The summed E-state index contributed by atoms with van der Waals surface area (Å²) < 4.78 is 1.09. The first kappa shape index (κ1) is 8.49. The van der Waals surface area contributed by atoms with E-state index in [2.05, 4.69) is 20.5 Å². The number of amides is 1. The monoisotopic (exact) mass is 221 g/mol. The Morgan fingerprint density at radius 3 is 3.20 bits per heavy atom. The summed E-state index contributed by atoms with van der Waals surface area (Å²) in [5, 5.41) is 11.3. The van der Waals surface area contributed by atoms with E-state index in [1.54, 1.807) is 12.2 Å². The molecule has 0 aromatic carbocycles. The molecule has 0 radical (unpaired) electrons. The van der Waals surface area contributed by atoms with Crippen molar-refractivity contribution in [2.45, 2.75) is 5.92 Å². The molecular weight excluding hydrogens is 218 g/mol. The molecule has 7 heteroatoms. The number of carbonyl (C=O) groups is 1. The van der Waals surface area contributed by atoms with Crippen molar-refractivity contribution >= 4 is 23.3 Å². The Morgan fingerprint density at radius 1 is 1.47 bits per heavy atom. The van der Waals surface area contributed by atoms with Crippen LogP contribution in [0.4, 0.5) is 4.79 Å². The summed E-state index contributed by atoms with van der Waals surface area (Å²) >= 11 is 5.81. The van der Waals surface area contributed by atoms with E-state index in [1.807, 2.05) is 6.08 Å². The Morgan fingerprint density at radius 2 is 2.33 bits per heavy atom. The minimum Gasteiger partial charge on any atom is -0.243 e. The number of hydrogen-bond acceptors (Lipinski definition) is 4. The van der Waals surface area contributed by atoms with Crippen LogP contribution >= 0.6 is 11.6 Å². The molecule has 0 saturated heterocycles. The van der Waals surface area contributed by atoms with Crippen LogP contribution in [-0.2, 0) is 0 Å². The van der Waals surface area contributed by atoms with Gasteiger partial charge in [0.2, 0.25) is 0 Å². The van der Waals surface area contributed by atoms with Crippen molar-refractivity contribution in [2.75, 3.05) is 0 Å². The lowest BCUT2D eigenvalue weighted by atomic mass is 9.96. The highest BCUT2D eigenvalue weighted by Crippen LogP contribution is 2.27. The Balaban J connectivity index is 2.19. The van der Waals surface area contributed by atoms with Crippen LogP contribution in [0.15, 0.2) is 28.3 Å². The molecule has 1 unspecified atom stereocenters. The third-order valence-electron chi connectivity index (χ3n) is 2.23. The van der Waals surface area contributed by atoms with Crippen LogP contribution in [-0.4, -0.2) is 32.0 Å². The number of tetrazole rings is 1. The third kappa shape index (κ3) is 1.15. The zero-order chi connectivity index (χ0) is 10.4. The van der Waals surface area contributed by atoms with Gasteiger partial charge in [-0.15, -0.1) is 9.78 Å². The van der Waals surface area contributed by atoms with Crippen LogP contribution in [0.2, 0.25) is 0 Å². The molecule has 1 amide bonds. The smallest absolute Gasteiger partial charge is 0.243 e. The molecule has 6 nitrogen and oxygen atoms in total. The second-order valence-corrected chi connectivity index (χ2v) is 3.57. The van der Waals surface area contributed by atoms with E-state index in [0.717, 1.165) is 4.68 Å². The highest BCUT2D eigenvalue weighted by molar-refractivity contribution is 6.34. The molecule has 0 bridgehead atoms. The quantitative estimate of drug-likeness (QED) is 0.610. The molecule has 2 aliphatic rings. The zero-order valence-electron chi connectivity index (χ0n) is 7.33. The summed E-state index contributed by atoms with van der Waals surface area (Å²) in [6.07, 6.45) is 5.19. The van der Waals surface area contributed by atoms with Crippen LogP contribution in [0.25, 0.3) is 0 Å². The fourth-order valence-corrected chi connectivity index (χ4v) is 1.75. The maximum absolute atomic E-state index is 11.4. The van der Waals surface area contributed by atoms with Crippen LogP contribution < -0.4 is 0 Å². The van der Waals surface area contributed by atoms with Crippen LogP contribution in [0.5, 0.6) is 0 Å². The molecule has 1 aliphatic carbocycles. The predicted octanol–water partition coefficient (Wildman–Crippen LogP) is 0.872. The average molecular weight is 222 g/mol. The number of aliphatic imine (C=N–C) groups is 1. The van der Waals surface area contributed by atoms with Crippen molar-refractivity contribution in [3.05, 3.63) is 29.1 Å². The van der Waals surface area contributed by atoms with Crippen LogP contribution in [0, 0.1) is 0 Å². The second-order valence-electron chi connectivity index (χ2n) is 3.13. The number of rotatable bonds is 0. The lowest BCUT2D eigenvalue weighted by molar-refractivity contribution is 0.246. The second kappa shape index (κ2) is 2.83. The van der Waals surface area contributed by atoms with E-state index in [1.165, 1.54) is 0 Å². The largest absolute Gasteiger partial charge is 0.371 e. The molecule has 15 heavy (non-hydrogen) atoms. The molecule has 2 heterocycles. The SMILES string of the molecule is O=C1N=C2C=C(Cl)C=CC2c2nnnn21. The van der Waals surface area contributed by atoms with Gasteiger partial charge >= 0.3 is 6.03 Å². The van der Waals surface area contributed by atoms with E-state index in [-0.39, 0.29) is 5.92 Å². The highest BCUT2D eigenvalue weighted by atomic mass is 35.5. The Labute approximate surface area is 88.9 Å². The molecule has 1 atom stereocenters. The summed E-state index contributed by atoms with van der Waals surface area (Å²) in [6, 6.07) is -0.489. The third-order valence-corrected chi connectivity index (χ3v) is 2.47.